The standard InChI is InChI=1S/C28H35N5O3.ClH/c1-18(2)30-17-28(3,34)13-24(20-9-22(35-5)12-23(10-20)36-6)19-7-8-25-26(11-19)32-27(15-29-25)21-14-31-33(4)16-21;/h7-12,14-16,18,24,30,34H,13,17H2,1-6H3;1H. The number of ether oxygens (including phenoxy) is 2. The van der Waals surface area contributed by atoms with Crippen molar-refractivity contribution in [1.29, 1.82) is 0 Å². The maximum Gasteiger partial charge on any atom is 0.122 e. The molecule has 2 N–H and O–H groups in total. The van der Waals surface area contributed by atoms with E-state index in [-0.39, 0.29) is 24.4 Å². The summed E-state index contributed by atoms with van der Waals surface area (Å²) < 4.78 is 12.8. The zero-order valence-electron chi connectivity index (χ0n) is 22.2. The molecule has 0 radical (unpaired) electrons. The minimum Gasteiger partial charge on any atom is -0.497 e. The van der Waals surface area contributed by atoms with Crippen LogP contribution >= 0.6 is 12.4 Å². The predicted octanol–water partition coefficient (Wildman–Crippen LogP) is 4.74. The Hall–Kier alpha value is -3.20. The highest BCUT2D eigenvalue weighted by Crippen LogP contribution is 2.37. The van der Waals surface area contributed by atoms with E-state index in [0.29, 0.717) is 24.5 Å². The molecule has 2 atom stereocenters. The van der Waals surface area contributed by atoms with Crippen LogP contribution in [0.3, 0.4) is 0 Å². The first kappa shape index (κ1) is 28.4. The van der Waals surface area contributed by atoms with Gasteiger partial charge in [-0.15, -0.1) is 12.4 Å². The highest BCUT2D eigenvalue weighted by Gasteiger charge is 2.29. The fourth-order valence-electron chi connectivity index (χ4n) is 4.33. The van der Waals surface area contributed by atoms with E-state index in [4.69, 9.17) is 14.5 Å². The Morgan fingerprint density at radius 2 is 1.70 bits per heavy atom. The van der Waals surface area contributed by atoms with E-state index < -0.39 is 5.60 Å². The van der Waals surface area contributed by atoms with Crippen molar-refractivity contribution >= 4 is 23.4 Å². The first-order valence-corrected chi connectivity index (χ1v) is 12.1. The molecule has 0 bridgehead atoms. The average Bonchev–Trinajstić information content (AvgIpc) is 3.31. The Morgan fingerprint density at radius 3 is 2.30 bits per heavy atom. The summed E-state index contributed by atoms with van der Waals surface area (Å²) in [6, 6.07) is 12.2. The second-order valence-corrected chi connectivity index (χ2v) is 9.84. The van der Waals surface area contributed by atoms with Gasteiger partial charge < -0.3 is 19.9 Å². The Kier molecular flexibility index (Phi) is 9.12. The van der Waals surface area contributed by atoms with Crippen molar-refractivity contribution in [3.8, 4) is 22.8 Å². The molecule has 2 aromatic carbocycles. The first-order chi connectivity index (χ1) is 17.2. The summed E-state index contributed by atoms with van der Waals surface area (Å²) in [5.74, 6) is 1.27. The lowest BCUT2D eigenvalue weighted by molar-refractivity contribution is 0.0448. The van der Waals surface area contributed by atoms with Crippen LogP contribution in [0.15, 0.2) is 55.0 Å². The Balaban J connectivity index is 0.00000380. The highest BCUT2D eigenvalue weighted by molar-refractivity contribution is 5.85. The number of aryl methyl sites for hydroxylation is 1. The molecule has 0 spiro atoms. The van der Waals surface area contributed by atoms with Gasteiger partial charge in [0.25, 0.3) is 0 Å². The van der Waals surface area contributed by atoms with E-state index in [2.05, 4.69) is 41.4 Å². The van der Waals surface area contributed by atoms with Crippen LogP contribution in [0.5, 0.6) is 11.5 Å². The molecule has 0 aliphatic carbocycles. The van der Waals surface area contributed by atoms with Crippen LogP contribution in [0.4, 0.5) is 0 Å². The van der Waals surface area contributed by atoms with E-state index in [0.717, 1.165) is 33.4 Å². The van der Waals surface area contributed by atoms with E-state index in [1.54, 1.807) is 31.3 Å². The van der Waals surface area contributed by atoms with Crippen molar-refractivity contribution in [3.63, 3.8) is 0 Å². The molecule has 0 fully saturated rings. The van der Waals surface area contributed by atoms with Crippen molar-refractivity contribution < 1.29 is 14.6 Å². The van der Waals surface area contributed by atoms with Crippen LogP contribution in [-0.4, -0.2) is 57.3 Å². The fraction of sp³-hybridized carbons (Fsp3) is 0.393. The first-order valence-electron chi connectivity index (χ1n) is 12.1. The fourth-order valence-corrected chi connectivity index (χ4v) is 4.33. The number of halogens is 1. The second-order valence-electron chi connectivity index (χ2n) is 9.84. The molecule has 4 rings (SSSR count). The molecule has 2 aromatic heterocycles. The van der Waals surface area contributed by atoms with Gasteiger partial charge in [0.2, 0.25) is 0 Å². The molecule has 37 heavy (non-hydrogen) atoms. The SMILES string of the molecule is COc1cc(OC)cc(C(CC(C)(O)CNC(C)C)c2ccc3ncc(-c4cnn(C)c4)nc3c2)c1.Cl. The van der Waals surface area contributed by atoms with Crippen LogP contribution < -0.4 is 14.8 Å². The summed E-state index contributed by atoms with van der Waals surface area (Å²) in [6.07, 6.45) is 5.96. The molecule has 8 nitrogen and oxygen atoms in total. The van der Waals surface area contributed by atoms with Crippen LogP contribution in [0.25, 0.3) is 22.3 Å². The minimum absolute atomic E-state index is 0. The van der Waals surface area contributed by atoms with E-state index >= 15 is 0 Å². The van der Waals surface area contributed by atoms with Crippen molar-refractivity contribution in [2.75, 3.05) is 20.8 Å². The summed E-state index contributed by atoms with van der Waals surface area (Å²) in [4.78, 5) is 9.50. The molecule has 0 saturated carbocycles. The number of fused-ring (bicyclic) bond motifs is 1. The number of nitrogens with zero attached hydrogens (tertiary/aromatic N) is 4. The third-order valence-electron chi connectivity index (χ3n) is 6.28. The van der Waals surface area contributed by atoms with E-state index in [1.807, 2.05) is 44.4 Å². The third-order valence-corrected chi connectivity index (χ3v) is 6.28. The number of benzene rings is 2. The smallest absolute Gasteiger partial charge is 0.122 e. The lowest BCUT2D eigenvalue weighted by Crippen LogP contribution is -2.41. The van der Waals surface area contributed by atoms with Gasteiger partial charge in [-0.25, -0.2) is 4.98 Å². The van der Waals surface area contributed by atoms with Gasteiger partial charge in [-0.3, -0.25) is 9.67 Å². The molecule has 0 aliphatic heterocycles. The summed E-state index contributed by atoms with van der Waals surface area (Å²) in [5.41, 5.74) is 4.33. The van der Waals surface area contributed by atoms with Crippen molar-refractivity contribution in [2.45, 2.75) is 44.8 Å². The lowest BCUT2D eigenvalue weighted by atomic mass is 9.81. The zero-order chi connectivity index (χ0) is 25.9. The minimum atomic E-state index is -0.955. The molecule has 4 aromatic rings. The topological polar surface area (TPSA) is 94.3 Å². The van der Waals surface area contributed by atoms with Crippen molar-refractivity contribution in [1.82, 2.24) is 25.1 Å². The molecule has 198 valence electrons. The largest absolute Gasteiger partial charge is 0.497 e. The van der Waals surface area contributed by atoms with Crippen molar-refractivity contribution in [3.05, 3.63) is 66.1 Å². The molecule has 0 saturated heterocycles. The van der Waals surface area contributed by atoms with Gasteiger partial charge >= 0.3 is 0 Å². The number of nitrogens with one attached hydrogen (secondary N) is 1. The van der Waals surface area contributed by atoms with E-state index in [1.165, 1.54) is 0 Å². The normalized spacial score (nSPS) is 13.7. The molecule has 2 heterocycles. The highest BCUT2D eigenvalue weighted by atomic mass is 35.5. The molecular weight excluding hydrogens is 490 g/mol. The molecular formula is C28H36ClN5O3. The monoisotopic (exact) mass is 525 g/mol. The number of rotatable bonds is 10. The molecule has 0 amide bonds. The Morgan fingerprint density at radius 1 is 1.00 bits per heavy atom. The van der Waals surface area contributed by atoms with Gasteiger partial charge in [0.1, 0.15) is 11.5 Å². The predicted molar refractivity (Wildman–Crippen MR) is 149 cm³/mol. The number of hydrogen-bond acceptors (Lipinski definition) is 7. The maximum absolute atomic E-state index is 11.4. The van der Waals surface area contributed by atoms with Crippen LogP contribution in [0.1, 0.15) is 44.2 Å². The van der Waals surface area contributed by atoms with Gasteiger partial charge in [0, 0.05) is 43.4 Å². The van der Waals surface area contributed by atoms with Gasteiger partial charge in [-0.1, -0.05) is 19.9 Å². The Labute approximate surface area is 224 Å². The van der Waals surface area contributed by atoms with Gasteiger partial charge in [-0.2, -0.15) is 5.10 Å². The number of hydrogen-bond donors (Lipinski definition) is 2. The molecule has 2 unspecified atom stereocenters. The summed E-state index contributed by atoms with van der Waals surface area (Å²) in [6.45, 7) is 6.49. The maximum atomic E-state index is 11.4. The van der Waals surface area contributed by atoms with Gasteiger partial charge in [0.05, 0.1) is 48.9 Å². The second kappa shape index (κ2) is 11.9. The van der Waals surface area contributed by atoms with Crippen LogP contribution in [0.2, 0.25) is 0 Å². The van der Waals surface area contributed by atoms with Crippen LogP contribution in [-0.2, 0) is 7.05 Å². The van der Waals surface area contributed by atoms with Crippen molar-refractivity contribution in [2.24, 2.45) is 7.05 Å². The van der Waals surface area contributed by atoms with E-state index in [9.17, 15) is 5.11 Å². The third kappa shape index (κ3) is 6.97. The number of aliphatic hydroxyl groups is 1. The quantitative estimate of drug-likeness (QED) is 0.309. The molecule has 0 aliphatic rings. The van der Waals surface area contributed by atoms with Crippen LogP contribution in [0, 0.1) is 0 Å². The molecule has 9 heteroatoms. The lowest BCUT2D eigenvalue weighted by Gasteiger charge is -2.31. The zero-order valence-corrected chi connectivity index (χ0v) is 23.0. The summed E-state index contributed by atoms with van der Waals surface area (Å²) in [7, 11) is 5.16. The summed E-state index contributed by atoms with van der Waals surface area (Å²) >= 11 is 0. The average molecular weight is 526 g/mol. The van der Waals surface area contributed by atoms with Gasteiger partial charge in [-0.05, 0) is 48.7 Å². The summed E-state index contributed by atoms with van der Waals surface area (Å²) in [5, 5.41) is 19.0. The number of aromatic nitrogens is 4. The Bertz CT molecular complexity index is 1320. The van der Waals surface area contributed by atoms with Gasteiger partial charge in [0.15, 0.2) is 0 Å². The number of methoxy groups -OCH3 is 2.